The molecule has 24 heavy (non-hydrogen) atoms. The van der Waals surface area contributed by atoms with E-state index in [0.717, 1.165) is 50.1 Å². The van der Waals surface area contributed by atoms with Crippen LogP contribution in [-0.4, -0.2) is 30.8 Å². The number of hydrogen-bond donors (Lipinski definition) is 2. The zero-order chi connectivity index (χ0) is 17.2. The van der Waals surface area contributed by atoms with Gasteiger partial charge in [0.15, 0.2) is 11.5 Å². The molecule has 1 aromatic rings. The van der Waals surface area contributed by atoms with Crippen molar-refractivity contribution < 1.29 is 19.4 Å². The van der Waals surface area contributed by atoms with E-state index in [1.165, 1.54) is 11.1 Å². The fourth-order valence-electron chi connectivity index (χ4n) is 4.13. The molecular formula is C19H27NO4. The lowest BCUT2D eigenvalue weighted by Crippen LogP contribution is -2.50. The van der Waals surface area contributed by atoms with E-state index in [1.54, 1.807) is 0 Å². The molecule has 2 N–H and O–H groups in total. The van der Waals surface area contributed by atoms with Gasteiger partial charge < -0.3 is 19.9 Å². The first kappa shape index (κ1) is 17.1. The van der Waals surface area contributed by atoms with Crippen LogP contribution in [0.4, 0.5) is 0 Å². The fraction of sp³-hybridized carbons (Fsp3) is 0.632. The van der Waals surface area contributed by atoms with Crippen LogP contribution in [-0.2, 0) is 16.8 Å². The average Bonchev–Trinajstić information content (AvgIpc) is 2.57. The van der Waals surface area contributed by atoms with Gasteiger partial charge >= 0.3 is 5.97 Å². The summed E-state index contributed by atoms with van der Waals surface area (Å²) in [5, 5.41) is 13.0. The summed E-state index contributed by atoms with van der Waals surface area (Å²) < 4.78 is 11.6. The number of aliphatic carboxylic acids is 1. The van der Waals surface area contributed by atoms with Crippen molar-refractivity contribution in [3.63, 3.8) is 0 Å². The lowest BCUT2D eigenvalue weighted by molar-refractivity contribution is -0.143. The maximum atomic E-state index is 11.3. The highest BCUT2D eigenvalue weighted by Crippen LogP contribution is 2.45. The average molecular weight is 333 g/mol. The van der Waals surface area contributed by atoms with Crippen LogP contribution in [0.3, 0.4) is 0 Å². The number of carbonyl (C=O) groups is 1. The Morgan fingerprint density at radius 2 is 1.83 bits per heavy atom. The Balaban J connectivity index is 1.94. The third-order valence-electron chi connectivity index (χ3n) is 5.33. The highest BCUT2D eigenvalue weighted by Gasteiger charge is 2.41. The molecule has 1 aliphatic carbocycles. The first-order valence-corrected chi connectivity index (χ1v) is 9.00. The molecule has 1 spiro atoms. The summed E-state index contributed by atoms with van der Waals surface area (Å²) in [6, 6.07) is 4.24. The Hall–Kier alpha value is -1.75. The van der Waals surface area contributed by atoms with Crippen molar-refractivity contribution in [1.82, 2.24) is 5.32 Å². The molecule has 0 saturated heterocycles. The summed E-state index contributed by atoms with van der Waals surface area (Å²) in [6.45, 7) is 6.08. The number of rotatable bonds is 5. The molecule has 0 atom stereocenters. The molecule has 1 saturated carbocycles. The molecule has 0 radical (unpaired) electrons. The van der Waals surface area contributed by atoms with E-state index in [-0.39, 0.29) is 11.5 Å². The van der Waals surface area contributed by atoms with E-state index >= 15 is 0 Å². The summed E-state index contributed by atoms with van der Waals surface area (Å²) in [6.07, 6.45) is 4.12. The summed E-state index contributed by atoms with van der Waals surface area (Å²) in [4.78, 5) is 11.3. The first-order valence-electron chi connectivity index (χ1n) is 9.00. The largest absolute Gasteiger partial charge is 0.490 e. The SMILES string of the molecule is CCOc1cc2c(cc1OCC)[C@]1(CC[C@@H](C(=O)O)CC1)NCC2. The molecule has 1 fully saturated rings. The number of carboxylic acids is 1. The predicted octanol–water partition coefficient (Wildman–Crippen LogP) is 3.10. The molecule has 0 amide bonds. The normalized spacial score (nSPS) is 26.0. The Morgan fingerprint density at radius 1 is 1.21 bits per heavy atom. The molecule has 3 rings (SSSR count). The zero-order valence-electron chi connectivity index (χ0n) is 14.6. The quantitative estimate of drug-likeness (QED) is 0.867. The number of hydrogen-bond acceptors (Lipinski definition) is 4. The number of nitrogens with one attached hydrogen (secondary N) is 1. The van der Waals surface area contributed by atoms with Crippen LogP contribution < -0.4 is 14.8 Å². The van der Waals surface area contributed by atoms with E-state index < -0.39 is 5.97 Å². The Kier molecular flexibility index (Phi) is 4.99. The van der Waals surface area contributed by atoms with E-state index in [0.29, 0.717) is 13.2 Å². The van der Waals surface area contributed by atoms with Gasteiger partial charge in [0.25, 0.3) is 0 Å². The minimum atomic E-state index is -0.664. The summed E-state index contributed by atoms with van der Waals surface area (Å²) in [5.74, 6) is 0.732. The number of fused-ring (bicyclic) bond motifs is 2. The molecule has 0 bridgehead atoms. The fourth-order valence-corrected chi connectivity index (χ4v) is 4.13. The lowest BCUT2D eigenvalue weighted by Gasteiger charge is -2.44. The van der Waals surface area contributed by atoms with Crippen molar-refractivity contribution in [2.75, 3.05) is 19.8 Å². The topological polar surface area (TPSA) is 67.8 Å². The van der Waals surface area contributed by atoms with Gasteiger partial charge in [0.05, 0.1) is 19.1 Å². The second-order valence-corrected chi connectivity index (χ2v) is 6.69. The van der Waals surface area contributed by atoms with Crippen LogP contribution in [0.25, 0.3) is 0 Å². The van der Waals surface area contributed by atoms with Gasteiger partial charge in [-0.05, 0) is 69.2 Å². The Labute approximate surface area is 143 Å². The number of benzene rings is 1. The molecule has 1 aliphatic heterocycles. The van der Waals surface area contributed by atoms with Crippen LogP contribution in [0.2, 0.25) is 0 Å². The molecule has 5 heteroatoms. The van der Waals surface area contributed by atoms with E-state index in [2.05, 4.69) is 17.4 Å². The third-order valence-corrected chi connectivity index (χ3v) is 5.33. The molecule has 0 aromatic heterocycles. The van der Waals surface area contributed by atoms with Gasteiger partial charge in [-0.25, -0.2) is 0 Å². The third kappa shape index (κ3) is 3.09. The number of carboxylic acid groups (broad SMARTS) is 1. The second-order valence-electron chi connectivity index (χ2n) is 6.69. The number of ether oxygens (including phenoxy) is 2. The van der Waals surface area contributed by atoms with Crippen molar-refractivity contribution in [3.8, 4) is 11.5 Å². The van der Waals surface area contributed by atoms with E-state index in [4.69, 9.17) is 9.47 Å². The van der Waals surface area contributed by atoms with Gasteiger partial charge in [0.2, 0.25) is 0 Å². The summed E-state index contributed by atoms with van der Waals surface area (Å²) >= 11 is 0. The molecule has 2 aliphatic rings. The highest BCUT2D eigenvalue weighted by atomic mass is 16.5. The summed E-state index contributed by atoms with van der Waals surface area (Å²) in [5.41, 5.74) is 2.45. The molecular weight excluding hydrogens is 306 g/mol. The monoisotopic (exact) mass is 333 g/mol. The van der Waals surface area contributed by atoms with Crippen molar-refractivity contribution in [2.45, 2.75) is 51.5 Å². The smallest absolute Gasteiger partial charge is 0.306 e. The van der Waals surface area contributed by atoms with Crippen LogP contribution in [0.5, 0.6) is 11.5 Å². The van der Waals surface area contributed by atoms with Crippen molar-refractivity contribution in [3.05, 3.63) is 23.3 Å². The van der Waals surface area contributed by atoms with Gasteiger partial charge in [0.1, 0.15) is 0 Å². The van der Waals surface area contributed by atoms with E-state index in [9.17, 15) is 9.90 Å². The lowest BCUT2D eigenvalue weighted by atomic mass is 9.69. The molecule has 0 unspecified atom stereocenters. The summed E-state index contributed by atoms with van der Waals surface area (Å²) in [7, 11) is 0. The Bertz CT molecular complexity index is 606. The van der Waals surface area contributed by atoms with Crippen LogP contribution in [0.1, 0.15) is 50.7 Å². The molecule has 132 valence electrons. The molecule has 1 aromatic carbocycles. The Morgan fingerprint density at radius 3 is 2.42 bits per heavy atom. The van der Waals surface area contributed by atoms with Gasteiger partial charge in [-0.1, -0.05) is 0 Å². The second kappa shape index (κ2) is 7.01. The first-order chi connectivity index (χ1) is 11.6. The highest BCUT2D eigenvalue weighted by molar-refractivity contribution is 5.70. The minimum absolute atomic E-state index is 0.115. The maximum absolute atomic E-state index is 11.3. The predicted molar refractivity (Wildman–Crippen MR) is 91.8 cm³/mol. The zero-order valence-corrected chi connectivity index (χ0v) is 14.6. The standard InChI is InChI=1S/C19H27NO4/c1-3-23-16-11-14-7-10-20-19(15(14)12-17(16)24-4-2)8-5-13(6-9-19)18(21)22/h11-13,20H,3-10H2,1-2H3,(H,21,22)/t13-,19-. The van der Waals surface area contributed by atoms with Crippen molar-refractivity contribution in [2.24, 2.45) is 5.92 Å². The molecule has 5 nitrogen and oxygen atoms in total. The van der Waals surface area contributed by atoms with Crippen molar-refractivity contribution in [1.29, 1.82) is 0 Å². The molecule has 1 heterocycles. The van der Waals surface area contributed by atoms with Gasteiger partial charge in [-0.15, -0.1) is 0 Å². The van der Waals surface area contributed by atoms with Crippen LogP contribution >= 0.6 is 0 Å². The van der Waals surface area contributed by atoms with Gasteiger partial charge in [-0.3, -0.25) is 4.79 Å². The minimum Gasteiger partial charge on any atom is -0.490 e. The van der Waals surface area contributed by atoms with Gasteiger partial charge in [-0.2, -0.15) is 0 Å². The van der Waals surface area contributed by atoms with Crippen LogP contribution in [0.15, 0.2) is 12.1 Å². The van der Waals surface area contributed by atoms with Gasteiger partial charge in [0, 0.05) is 12.1 Å². The van der Waals surface area contributed by atoms with Crippen LogP contribution in [0, 0.1) is 5.92 Å². The maximum Gasteiger partial charge on any atom is 0.306 e. The van der Waals surface area contributed by atoms with E-state index in [1.807, 2.05) is 13.8 Å². The van der Waals surface area contributed by atoms with Crippen molar-refractivity contribution >= 4 is 5.97 Å².